The summed E-state index contributed by atoms with van der Waals surface area (Å²) in [5.74, 6) is -9.12. The normalized spacial score (nSPS) is 29.8. The van der Waals surface area contributed by atoms with Gasteiger partial charge in [-0.25, -0.2) is 0 Å². The molecule has 2 saturated heterocycles. The molecule has 2 heterocycles. The van der Waals surface area contributed by atoms with E-state index < -0.39 is 122 Å². The molecule has 2 rings (SSSR count). The van der Waals surface area contributed by atoms with E-state index in [1.165, 1.54) is 0 Å². The average Bonchev–Trinajstić information content (AvgIpc) is 3.18. The number of ether oxygens (including phenoxy) is 10. The monoisotopic (exact) mass is 677 g/mol. The Morgan fingerprint density at radius 3 is 1.51 bits per heavy atom. The molecule has 1 N–H and O–H groups in total. The second kappa shape index (κ2) is 17.0. The van der Waals surface area contributed by atoms with Crippen LogP contribution in [0.15, 0.2) is 0 Å². The molecule has 2 fully saturated rings. The number of nitrogens with one attached hydrogen (secondary N) is 1. The Bertz CT molecular complexity index is 1220. The van der Waals surface area contributed by atoms with Crippen molar-refractivity contribution in [1.29, 1.82) is 0 Å². The number of hydrogen-bond donors (Lipinski definition) is 1. The fourth-order valence-corrected chi connectivity index (χ4v) is 4.88. The quantitative estimate of drug-likeness (QED) is 0.177. The molecule has 0 radical (unpaired) electrons. The van der Waals surface area contributed by atoms with Crippen LogP contribution >= 0.6 is 0 Å². The molecule has 1 amide bonds. The van der Waals surface area contributed by atoms with Crippen LogP contribution in [-0.4, -0.2) is 122 Å². The predicted octanol–water partition coefficient (Wildman–Crippen LogP) is -1.26. The molecule has 19 nitrogen and oxygen atoms in total. The molecule has 47 heavy (non-hydrogen) atoms. The van der Waals surface area contributed by atoms with Crippen LogP contribution in [0, 0.1) is 0 Å². The highest BCUT2D eigenvalue weighted by atomic mass is 16.8. The van der Waals surface area contributed by atoms with Gasteiger partial charge in [-0.1, -0.05) is 0 Å². The molecule has 2 aliphatic heterocycles. The first-order valence-electron chi connectivity index (χ1n) is 14.2. The van der Waals surface area contributed by atoms with Gasteiger partial charge < -0.3 is 52.7 Å². The van der Waals surface area contributed by atoms with Crippen LogP contribution in [0.2, 0.25) is 0 Å². The minimum Gasteiger partial charge on any atom is -0.463 e. The summed E-state index contributed by atoms with van der Waals surface area (Å²) in [4.78, 5) is 96.6. The number of rotatable bonds is 13. The van der Waals surface area contributed by atoms with E-state index >= 15 is 0 Å². The van der Waals surface area contributed by atoms with Crippen molar-refractivity contribution in [2.75, 3.05) is 19.8 Å². The highest BCUT2D eigenvalue weighted by Crippen LogP contribution is 2.41. The topological polar surface area (TPSA) is 241 Å². The molecule has 9 atom stereocenters. The van der Waals surface area contributed by atoms with Gasteiger partial charge in [0, 0.05) is 55.4 Å². The van der Waals surface area contributed by atoms with Crippen LogP contribution < -0.4 is 5.32 Å². The summed E-state index contributed by atoms with van der Waals surface area (Å²) in [7, 11) is 0. The molecule has 0 saturated carbocycles. The third-order valence-electron chi connectivity index (χ3n) is 6.36. The van der Waals surface area contributed by atoms with Gasteiger partial charge in [0.25, 0.3) is 0 Å². The molecule has 0 spiro atoms. The van der Waals surface area contributed by atoms with Crippen LogP contribution in [0.1, 0.15) is 55.4 Å². The van der Waals surface area contributed by atoms with E-state index in [1.54, 1.807) is 0 Å². The van der Waals surface area contributed by atoms with Gasteiger partial charge in [0.2, 0.25) is 18.0 Å². The van der Waals surface area contributed by atoms with Gasteiger partial charge in [0.1, 0.15) is 38.1 Å². The zero-order valence-electron chi connectivity index (χ0n) is 27.1. The Morgan fingerprint density at radius 2 is 1.04 bits per heavy atom. The van der Waals surface area contributed by atoms with Gasteiger partial charge in [0.05, 0.1) is 0 Å². The fourth-order valence-electron chi connectivity index (χ4n) is 4.88. The molecule has 19 heteroatoms. The first kappa shape index (κ1) is 38.8. The van der Waals surface area contributed by atoms with Crippen LogP contribution in [-0.2, 0) is 85.7 Å². The second-order valence-electron chi connectivity index (χ2n) is 10.5. The maximum atomic E-state index is 12.3. The number of hydrogen-bond acceptors (Lipinski definition) is 18. The minimum absolute atomic E-state index is 0.576. The number of amides is 1. The first-order valence-corrected chi connectivity index (χ1v) is 14.2. The highest BCUT2D eigenvalue weighted by Gasteiger charge is 2.64. The lowest BCUT2D eigenvalue weighted by molar-refractivity contribution is -0.376. The molecule has 0 bridgehead atoms. The summed E-state index contributed by atoms with van der Waals surface area (Å²) < 4.78 is 55.4. The van der Waals surface area contributed by atoms with Crippen molar-refractivity contribution in [1.82, 2.24) is 5.32 Å². The summed E-state index contributed by atoms with van der Waals surface area (Å²) in [6.07, 6.45) is -11.1. The van der Waals surface area contributed by atoms with Gasteiger partial charge in [0.15, 0.2) is 24.4 Å². The van der Waals surface area contributed by atoms with E-state index in [1.807, 2.05) is 0 Å². The lowest BCUT2D eigenvalue weighted by Crippen LogP contribution is -2.68. The van der Waals surface area contributed by atoms with Crippen molar-refractivity contribution in [2.24, 2.45) is 0 Å². The molecular formula is C28H39NO18. The lowest BCUT2D eigenvalue weighted by Gasteiger charge is -2.47. The molecule has 0 aromatic heterocycles. The van der Waals surface area contributed by atoms with E-state index in [0.717, 1.165) is 55.4 Å². The Morgan fingerprint density at radius 1 is 0.574 bits per heavy atom. The standard InChI is InChI=1S/C28H39NO18/c1-12(30)29-22-23(41-16(5)34)20(9-38-13(2)31)45-27(25(22)43-18(7)36)47-28(11-40-15(4)33)26(44-19(8)37)24(42-17(6)35)21(46-28)10-39-14(3)32/h20-27H,9-11H2,1-8H3,(H,29,30)/t20-,21-,22+,23-,24-,25-,26+,27-,28+/m1/s1. The molecule has 0 aromatic carbocycles. The van der Waals surface area contributed by atoms with E-state index in [2.05, 4.69) is 5.32 Å². The summed E-state index contributed by atoms with van der Waals surface area (Å²) >= 11 is 0. The van der Waals surface area contributed by atoms with Crippen molar-refractivity contribution < 1.29 is 85.7 Å². The Labute approximate surface area is 269 Å². The smallest absolute Gasteiger partial charge is 0.303 e. The van der Waals surface area contributed by atoms with Crippen LogP contribution in [0.5, 0.6) is 0 Å². The van der Waals surface area contributed by atoms with Gasteiger partial charge in [-0.15, -0.1) is 0 Å². The Balaban J connectivity index is 2.78. The van der Waals surface area contributed by atoms with E-state index in [9.17, 15) is 38.4 Å². The minimum atomic E-state index is -2.45. The van der Waals surface area contributed by atoms with E-state index in [-0.39, 0.29) is 0 Å². The molecular weight excluding hydrogens is 638 g/mol. The van der Waals surface area contributed by atoms with Crippen molar-refractivity contribution in [2.45, 2.75) is 110 Å². The van der Waals surface area contributed by atoms with Gasteiger partial charge in [-0.2, -0.15) is 0 Å². The van der Waals surface area contributed by atoms with Crippen LogP contribution in [0.25, 0.3) is 0 Å². The van der Waals surface area contributed by atoms with Crippen LogP contribution in [0.3, 0.4) is 0 Å². The molecule has 0 unspecified atom stereocenters. The Hall–Kier alpha value is -4.36. The molecule has 0 aromatic rings. The van der Waals surface area contributed by atoms with Crippen molar-refractivity contribution in [3.05, 3.63) is 0 Å². The maximum Gasteiger partial charge on any atom is 0.303 e. The van der Waals surface area contributed by atoms with E-state index in [4.69, 9.17) is 47.4 Å². The summed E-state index contributed by atoms with van der Waals surface area (Å²) in [5.41, 5.74) is 0. The van der Waals surface area contributed by atoms with Crippen molar-refractivity contribution in [3.8, 4) is 0 Å². The molecule has 264 valence electrons. The zero-order valence-corrected chi connectivity index (χ0v) is 27.1. The van der Waals surface area contributed by atoms with Gasteiger partial charge in [-0.05, 0) is 0 Å². The third kappa shape index (κ3) is 11.4. The number of carbonyl (C=O) groups is 8. The summed E-state index contributed by atoms with van der Waals surface area (Å²) in [6, 6.07) is -1.43. The maximum absolute atomic E-state index is 12.3. The van der Waals surface area contributed by atoms with Crippen molar-refractivity contribution >= 4 is 47.7 Å². The summed E-state index contributed by atoms with van der Waals surface area (Å²) in [5, 5.41) is 2.52. The van der Waals surface area contributed by atoms with Gasteiger partial charge in [-0.3, -0.25) is 38.4 Å². The average molecular weight is 678 g/mol. The lowest BCUT2D eigenvalue weighted by atomic mass is 9.95. The molecule has 0 aliphatic carbocycles. The largest absolute Gasteiger partial charge is 0.463 e. The predicted molar refractivity (Wildman–Crippen MR) is 147 cm³/mol. The van der Waals surface area contributed by atoms with Gasteiger partial charge >= 0.3 is 41.8 Å². The number of esters is 7. The SMILES string of the molecule is CC(=O)N[C@@H]1[C@@H](OC(C)=O)[C@@H](O[C@]2(COC(C)=O)O[C@H](COC(C)=O)[C@@H](OC(C)=O)[C@@H]2OC(C)=O)O[C@H](COC(C)=O)[C@H]1OC(C)=O. The fraction of sp³-hybridized carbons (Fsp3) is 0.714. The zero-order chi connectivity index (χ0) is 35.6. The molecule has 2 aliphatic rings. The first-order chi connectivity index (χ1) is 21.8. The van der Waals surface area contributed by atoms with Crippen LogP contribution in [0.4, 0.5) is 0 Å². The second-order valence-corrected chi connectivity index (χ2v) is 10.5. The highest BCUT2D eigenvalue weighted by molar-refractivity contribution is 5.74. The number of carbonyl (C=O) groups excluding carboxylic acids is 8. The third-order valence-corrected chi connectivity index (χ3v) is 6.36. The van der Waals surface area contributed by atoms with E-state index in [0.29, 0.717) is 0 Å². The Kier molecular flexibility index (Phi) is 14.0. The summed E-state index contributed by atoms with van der Waals surface area (Å²) in [6.45, 7) is 6.41. The van der Waals surface area contributed by atoms with Crippen molar-refractivity contribution in [3.63, 3.8) is 0 Å².